The molecular formula is C21H22FN3O. The molecule has 0 aliphatic carbocycles. The van der Waals surface area contributed by atoms with Gasteiger partial charge in [0.1, 0.15) is 11.9 Å². The summed E-state index contributed by atoms with van der Waals surface area (Å²) < 4.78 is 13.1. The zero-order valence-corrected chi connectivity index (χ0v) is 15.1. The highest BCUT2D eigenvalue weighted by atomic mass is 19.1. The number of carbonyl (C=O) groups excluding carboxylic acids is 1. The van der Waals surface area contributed by atoms with E-state index in [1.165, 1.54) is 12.1 Å². The zero-order chi connectivity index (χ0) is 18.7. The van der Waals surface area contributed by atoms with Crippen molar-refractivity contribution >= 4 is 5.91 Å². The zero-order valence-electron chi connectivity index (χ0n) is 15.1. The Morgan fingerprint density at radius 1 is 1.08 bits per heavy atom. The number of hydrogen-bond acceptors (Lipinski definition) is 3. The van der Waals surface area contributed by atoms with Crippen molar-refractivity contribution in [1.29, 1.82) is 5.26 Å². The highest BCUT2D eigenvalue weighted by Crippen LogP contribution is 2.23. The van der Waals surface area contributed by atoms with Gasteiger partial charge in [0.2, 0.25) is 0 Å². The monoisotopic (exact) mass is 351 g/mol. The molecule has 0 spiro atoms. The molecule has 0 bridgehead atoms. The van der Waals surface area contributed by atoms with Crippen LogP contribution in [0.2, 0.25) is 0 Å². The van der Waals surface area contributed by atoms with Gasteiger partial charge in [0.15, 0.2) is 0 Å². The first-order chi connectivity index (χ1) is 12.5. The molecule has 0 saturated carbocycles. The van der Waals surface area contributed by atoms with Gasteiger partial charge in [0.25, 0.3) is 5.91 Å². The van der Waals surface area contributed by atoms with Crippen molar-refractivity contribution in [2.24, 2.45) is 0 Å². The first kappa shape index (κ1) is 18.1. The molecule has 2 aromatic carbocycles. The molecule has 0 N–H and O–H groups in total. The third-order valence-corrected chi connectivity index (χ3v) is 4.90. The van der Waals surface area contributed by atoms with Crippen LogP contribution in [0.3, 0.4) is 0 Å². The topological polar surface area (TPSA) is 47.3 Å². The molecule has 1 atom stereocenters. The number of nitrogens with zero attached hydrogens (tertiary/aromatic N) is 3. The van der Waals surface area contributed by atoms with Crippen LogP contribution in [-0.4, -0.2) is 41.9 Å². The van der Waals surface area contributed by atoms with E-state index in [-0.39, 0.29) is 11.7 Å². The number of nitriles is 1. The molecule has 1 aliphatic heterocycles. The van der Waals surface area contributed by atoms with Gasteiger partial charge >= 0.3 is 0 Å². The molecule has 4 nitrogen and oxygen atoms in total. The molecule has 0 aromatic heterocycles. The van der Waals surface area contributed by atoms with Crippen LogP contribution in [0.1, 0.15) is 33.1 Å². The van der Waals surface area contributed by atoms with Gasteiger partial charge in [-0.1, -0.05) is 29.8 Å². The average Bonchev–Trinajstić information content (AvgIpc) is 2.66. The van der Waals surface area contributed by atoms with Crippen molar-refractivity contribution in [2.45, 2.75) is 19.9 Å². The smallest absolute Gasteiger partial charge is 0.254 e. The Hall–Kier alpha value is -2.71. The van der Waals surface area contributed by atoms with Crippen LogP contribution >= 0.6 is 0 Å². The Bertz CT molecular complexity index is 833. The summed E-state index contributed by atoms with van der Waals surface area (Å²) in [7, 11) is 0. The number of rotatable bonds is 3. The molecule has 0 radical (unpaired) electrons. The van der Waals surface area contributed by atoms with Crippen molar-refractivity contribution in [3.63, 3.8) is 0 Å². The second kappa shape index (κ2) is 7.67. The fourth-order valence-electron chi connectivity index (χ4n) is 3.33. The lowest BCUT2D eigenvalue weighted by Gasteiger charge is -2.37. The van der Waals surface area contributed by atoms with Crippen molar-refractivity contribution in [2.75, 3.05) is 26.2 Å². The number of piperazine rings is 1. The molecule has 5 heteroatoms. The molecule has 2 aromatic rings. The highest BCUT2D eigenvalue weighted by Gasteiger charge is 2.28. The van der Waals surface area contributed by atoms with Crippen LogP contribution in [0.4, 0.5) is 4.39 Å². The first-order valence-corrected chi connectivity index (χ1v) is 8.75. The van der Waals surface area contributed by atoms with Crippen LogP contribution in [0.5, 0.6) is 0 Å². The van der Waals surface area contributed by atoms with Gasteiger partial charge in [0.05, 0.1) is 6.07 Å². The quantitative estimate of drug-likeness (QED) is 0.851. The van der Waals surface area contributed by atoms with E-state index in [0.29, 0.717) is 26.2 Å². The van der Waals surface area contributed by atoms with E-state index < -0.39 is 6.04 Å². The fourth-order valence-corrected chi connectivity index (χ4v) is 3.33. The summed E-state index contributed by atoms with van der Waals surface area (Å²) in [4.78, 5) is 16.7. The fraction of sp³-hybridized carbons (Fsp3) is 0.333. The van der Waals surface area contributed by atoms with Gasteiger partial charge in [-0.05, 0) is 43.2 Å². The number of carbonyl (C=O) groups is 1. The number of benzene rings is 2. The number of halogens is 1. The highest BCUT2D eigenvalue weighted by molar-refractivity contribution is 5.95. The summed E-state index contributed by atoms with van der Waals surface area (Å²) in [5.41, 5.74) is 3.57. The van der Waals surface area contributed by atoms with Gasteiger partial charge in [-0.25, -0.2) is 4.39 Å². The molecule has 3 rings (SSSR count). The maximum Gasteiger partial charge on any atom is 0.254 e. The molecule has 26 heavy (non-hydrogen) atoms. The first-order valence-electron chi connectivity index (χ1n) is 8.75. The molecule has 1 saturated heterocycles. The molecule has 134 valence electrons. The molecule has 1 fully saturated rings. The molecule has 1 heterocycles. The minimum atomic E-state index is -0.423. The van der Waals surface area contributed by atoms with Crippen LogP contribution in [0.15, 0.2) is 42.5 Å². The second-order valence-electron chi connectivity index (χ2n) is 6.73. The van der Waals surface area contributed by atoms with E-state index >= 15 is 0 Å². The van der Waals surface area contributed by atoms with E-state index in [1.807, 2.05) is 41.8 Å². The van der Waals surface area contributed by atoms with E-state index in [0.717, 1.165) is 22.3 Å². The number of hydrogen-bond donors (Lipinski definition) is 0. The molecule has 1 aliphatic rings. The summed E-state index contributed by atoms with van der Waals surface area (Å²) in [6.45, 7) is 6.31. The predicted molar refractivity (Wildman–Crippen MR) is 98.1 cm³/mol. The van der Waals surface area contributed by atoms with Crippen LogP contribution in [0, 0.1) is 31.0 Å². The third kappa shape index (κ3) is 3.76. The van der Waals surface area contributed by atoms with Crippen LogP contribution < -0.4 is 0 Å². The third-order valence-electron chi connectivity index (χ3n) is 4.90. The maximum atomic E-state index is 13.1. The summed E-state index contributed by atoms with van der Waals surface area (Å²) >= 11 is 0. The summed E-state index contributed by atoms with van der Waals surface area (Å²) in [5.74, 6) is -0.268. The maximum absolute atomic E-state index is 13.1. The van der Waals surface area contributed by atoms with Gasteiger partial charge in [0, 0.05) is 31.7 Å². The van der Waals surface area contributed by atoms with Gasteiger partial charge in [-0.2, -0.15) is 5.26 Å². The van der Waals surface area contributed by atoms with Gasteiger partial charge in [-0.15, -0.1) is 0 Å². The Kier molecular flexibility index (Phi) is 5.34. The van der Waals surface area contributed by atoms with Crippen molar-refractivity contribution < 1.29 is 9.18 Å². The summed E-state index contributed by atoms with van der Waals surface area (Å²) in [6, 6.07) is 13.8. The predicted octanol–water partition coefficient (Wildman–Crippen LogP) is 3.47. The van der Waals surface area contributed by atoms with Gasteiger partial charge < -0.3 is 4.90 Å². The average molecular weight is 351 g/mol. The van der Waals surface area contributed by atoms with E-state index in [2.05, 4.69) is 6.07 Å². The van der Waals surface area contributed by atoms with E-state index in [9.17, 15) is 14.4 Å². The largest absolute Gasteiger partial charge is 0.336 e. The van der Waals surface area contributed by atoms with E-state index in [1.54, 1.807) is 12.1 Å². The normalized spacial score (nSPS) is 16.2. The lowest BCUT2D eigenvalue weighted by Crippen LogP contribution is -2.49. The minimum Gasteiger partial charge on any atom is -0.336 e. The Morgan fingerprint density at radius 3 is 2.35 bits per heavy atom. The molecule has 1 amide bonds. The van der Waals surface area contributed by atoms with Crippen molar-refractivity contribution in [3.05, 3.63) is 70.5 Å². The second-order valence-corrected chi connectivity index (χ2v) is 6.73. The van der Waals surface area contributed by atoms with Crippen molar-refractivity contribution in [1.82, 2.24) is 9.80 Å². The van der Waals surface area contributed by atoms with Crippen LogP contribution in [-0.2, 0) is 0 Å². The molecular weight excluding hydrogens is 329 g/mol. The van der Waals surface area contributed by atoms with Crippen LogP contribution in [0.25, 0.3) is 0 Å². The number of aryl methyl sites for hydroxylation is 2. The SMILES string of the molecule is Cc1ccc(C)c(C(=O)N2CCN(C(C#N)c3ccc(F)cc3)CC2)c1. The van der Waals surface area contributed by atoms with Gasteiger partial charge in [-0.3, -0.25) is 9.69 Å². The standard InChI is InChI=1S/C21H22FN3O/c1-15-3-4-16(2)19(13-15)21(26)25-11-9-24(10-12-25)20(14-23)17-5-7-18(22)8-6-17/h3-8,13,20H,9-12H2,1-2H3. The van der Waals surface area contributed by atoms with Crippen molar-refractivity contribution in [3.8, 4) is 6.07 Å². The Balaban J connectivity index is 1.68. The Labute approximate surface area is 153 Å². The summed E-state index contributed by atoms with van der Waals surface area (Å²) in [5, 5.41) is 9.56. The Morgan fingerprint density at radius 2 is 1.73 bits per heavy atom. The van der Waals surface area contributed by atoms with E-state index in [4.69, 9.17) is 0 Å². The summed E-state index contributed by atoms with van der Waals surface area (Å²) in [6.07, 6.45) is 0. The lowest BCUT2D eigenvalue weighted by molar-refractivity contribution is 0.0605. The number of amides is 1. The minimum absolute atomic E-state index is 0.0427. The molecule has 1 unspecified atom stereocenters. The lowest BCUT2D eigenvalue weighted by atomic mass is 10.0.